The van der Waals surface area contributed by atoms with Crippen LogP contribution in [0.3, 0.4) is 0 Å². The van der Waals surface area contributed by atoms with Gasteiger partial charge in [0.15, 0.2) is 0 Å². The molecule has 0 radical (unpaired) electrons. The van der Waals surface area contributed by atoms with Crippen LogP contribution in [0.25, 0.3) is 0 Å². The molecule has 0 aromatic heterocycles. The molecule has 4 nitrogen and oxygen atoms in total. The van der Waals surface area contributed by atoms with E-state index in [-0.39, 0.29) is 6.10 Å². The summed E-state index contributed by atoms with van der Waals surface area (Å²) in [4.78, 5) is 0. The van der Waals surface area contributed by atoms with Gasteiger partial charge in [0, 0.05) is 0 Å². The highest BCUT2D eigenvalue weighted by atomic mass is 16.5. The van der Waals surface area contributed by atoms with Gasteiger partial charge in [0.25, 0.3) is 0 Å². The molecule has 1 aliphatic carbocycles. The molecule has 4 heteroatoms. The van der Waals surface area contributed by atoms with Gasteiger partial charge < -0.3 is 20.7 Å². The molecule has 4 N–H and O–H groups in total. The van der Waals surface area contributed by atoms with Crippen LogP contribution in [0.5, 0.6) is 5.75 Å². The Bertz CT molecular complexity index is 402. The van der Waals surface area contributed by atoms with E-state index in [1.54, 1.807) is 0 Å². The van der Waals surface area contributed by atoms with Crippen LogP contribution in [0.2, 0.25) is 0 Å². The summed E-state index contributed by atoms with van der Waals surface area (Å²) < 4.78 is 5.83. The second-order valence-electron chi connectivity index (χ2n) is 5.65. The van der Waals surface area contributed by atoms with E-state index in [2.05, 4.69) is 0 Å². The lowest BCUT2D eigenvalue weighted by atomic mass is 9.88. The molecule has 112 valence electrons. The number of nitrogens with two attached hydrogens (primary N) is 1. The van der Waals surface area contributed by atoms with Crippen LogP contribution in [0.15, 0.2) is 24.3 Å². The molecule has 1 aliphatic rings. The summed E-state index contributed by atoms with van der Waals surface area (Å²) in [5.74, 6) is 1.32. The molecule has 0 unspecified atom stereocenters. The smallest absolute Gasteiger partial charge is 0.119 e. The largest absolute Gasteiger partial charge is 0.493 e. The van der Waals surface area contributed by atoms with Crippen molar-refractivity contribution in [2.45, 2.75) is 44.3 Å². The average molecular weight is 279 g/mol. The van der Waals surface area contributed by atoms with Crippen LogP contribution in [0, 0.1) is 5.92 Å². The van der Waals surface area contributed by atoms with Crippen molar-refractivity contribution in [2.24, 2.45) is 11.7 Å². The Morgan fingerprint density at radius 1 is 1.25 bits per heavy atom. The minimum atomic E-state index is -0.520. The Balaban J connectivity index is 1.85. The van der Waals surface area contributed by atoms with Gasteiger partial charge in [0.1, 0.15) is 5.75 Å². The maximum atomic E-state index is 9.93. The zero-order valence-electron chi connectivity index (χ0n) is 11.9. The summed E-state index contributed by atoms with van der Waals surface area (Å²) in [7, 11) is 0. The zero-order valence-corrected chi connectivity index (χ0v) is 11.9. The van der Waals surface area contributed by atoms with E-state index >= 15 is 0 Å². The van der Waals surface area contributed by atoms with Crippen molar-refractivity contribution in [3.05, 3.63) is 29.8 Å². The van der Waals surface area contributed by atoms with Gasteiger partial charge in [0.05, 0.1) is 18.8 Å². The second kappa shape index (κ2) is 7.62. The standard InChI is InChI=1S/C16H25NO3/c17-9-8-16(19)13-2-1-3-15(10-13)20-11-12-4-6-14(18)7-5-12/h1-3,10,12,14,16,18-19H,4-9,11,17H2/t12?,14?,16-/m1/s1. The second-order valence-corrected chi connectivity index (χ2v) is 5.65. The molecule has 0 heterocycles. The van der Waals surface area contributed by atoms with Crippen LogP contribution in [-0.2, 0) is 0 Å². The normalized spacial score (nSPS) is 24.4. The van der Waals surface area contributed by atoms with Crippen molar-refractivity contribution < 1.29 is 14.9 Å². The Morgan fingerprint density at radius 2 is 2.00 bits per heavy atom. The van der Waals surface area contributed by atoms with Gasteiger partial charge in [0.2, 0.25) is 0 Å². The number of ether oxygens (including phenoxy) is 1. The molecular weight excluding hydrogens is 254 g/mol. The lowest BCUT2D eigenvalue weighted by Gasteiger charge is -2.25. The van der Waals surface area contributed by atoms with Crippen molar-refractivity contribution in [1.82, 2.24) is 0 Å². The van der Waals surface area contributed by atoms with E-state index in [1.165, 1.54) is 0 Å². The lowest BCUT2D eigenvalue weighted by molar-refractivity contribution is 0.0916. The summed E-state index contributed by atoms with van der Waals surface area (Å²) in [6.45, 7) is 1.15. The summed E-state index contributed by atoms with van der Waals surface area (Å²) in [6.07, 6.45) is 3.72. The van der Waals surface area contributed by atoms with E-state index < -0.39 is 6.10 Å². The fourth-order valence-electron chi connectivity index (χ4n) is 2.66. The zero-order chi connectivity index (χ0) is 14.4. The topological polar surface area (TPSA) is 75.7 Å². The first-order chi connectivity index (χ1) is 9.69. The molecule has 1 aromatic carbocycles. The third kappa shape index (κ3) is 4.47. The molecule has 1 saturated carbocycles. The Morgan fingerprint density at radius 3 is 2.70 bits per heavy atom. The first-order valence-corrected chi connectivity index (χ1v) is 7.48. The SMILES string of the molecule is NCC[C@@H](O)c1cccc(OCC2CCC(O)CC2)c1. The lowest BCUT2D eigenvalue weighted by Crippen LogP contribution is -2.22. The Kier molecular flexibility index (Phi) is 5.83. The summed E-state index contributed by atoms with van der Waals surface area (Å²) in [5.41, 5.74) is 6.31. The minimum Gasteiger partial charge on any atom is -0.493 e. The summed E-state index contributed by atoms with van der Waals surface area (Å²) >= 11 is 0. The molecule has 20 heavy (non-hydrogen) atoms. The molecule has 0 amide bonds. The number of rotatable bonds is 6. The molecule has 1 fully saturated rings. The molecular formula is C16H25NO3. The van der Waals surface area contributed by atoms with E-state index in [4.69, 9.17) is 10.5 Å². The van der Waals surface area contributed by atoms with E-state index in [1.807, 2.05) is 24.3 Å². The minimum absolute atomic E-state index is 0.124. The van der Waals surface area contributed by atoms with E-state index in [9.17, 15) is 10.2 Å². The fraction of sp³-hybridized carbons (Fsp3) is 0.625. The summed E-state index contributed by atoms with van der Waals surface area (Å²) in [6, 6.07) is 7.59. The quantitative estimate of drug-likeness (QED) is 0.744. The molecule has 0 saturated heterocycles. The average Bonchev–Trinajstić information content (AvgIpc) is 2.47. The monoisotopic (exact) mass is 279 g/mol. The van der Waals surface area contributed by atoms with Crippen molar-refractivity contribution >= 4 is 0 Å². The first kappa shape index (κ1) is 15.3. The third-order valence-corrected chi connectivity index (χ3v) is 3.98. The van der Waals surface area contributed by atoms with Crippen LogP contribution in [0.1, 0.15) is 43.8 Å². The predicted molar refractivity (Wildman–Crippen MR) is 78.5 cm³/mol. The van der Waals surface area contributed by atoms with Crippen molar-refractivity contribution in [1.29, 1.82) is 0 Å². The number of aliphatic hydroxyl groups excluding tert-OH is 2. The first-order valence-electron chi connectivity index (χ1n) is 7.48. The molecule has 0 spiro atoms. The van der Waals surface area contributed by atoms with Gasteiger partial charge in [-0.3, -0.25) is 0 Å². The van der Waals surface area contributed by atoms with Gasteiger partial charge in [-0.25, -0.2) is 0 Å². The number of hydrogen-bond acceptors (Lipinski definition) is 4. The summed E-state index contributed by atoms with van der Waals surface area (Å²) in [5, 5.41) is 19.4. The Hall–Kier alpha value is -1.10. The maximum absolute atomic E-state index is 9.93. The van der Waals surface area contributed by atoms with Crippen molar-refractivity contribution in [3.8, 4) is 5.75 Å². The van der Waals surface area contributed by atoms with Crippen LogP contribution < -0.4 is 10.5 Å². The predicted octanol–water partition coefficient (Wildman–Crippen LogP) is 2.00. The molecule has 0 aliphatic heterocycles. The van der Waals surface area contributed by atoms with Crippen LogP contribution in [0.4, 0.5) is 0 Å². The fourth-order valence-corrected chi connectivity index (χ4v) is 2.66. The highest BCUT2D eigenvalue weighted by molar-refractivity contribution is 5.29. The van der Waals surface area contributed by atoms with Crippen molar-refractivity contribution in [3.63, 3.8) is 0 Å². The highest BCUT2D eigenvalue weighted by Crippen LogP contribution is 2.26. The molecule has 1 atom stereocenters. The van der Waals surface area contributed by atoms with E-state index in [0.29, 0.717) is 25.5 Å². The molecule has 1 aromatic rings. The highest BCUT2D eigenvalue weighted by Gasteiger charge is 2.19. The number of aliphatic hydroxyl groups is 2. The van der Waals surface area contributed by atoms with Crippen molar-refractivity contribution in [2.75, 3.05) is 13.2 Å². The third-order valence-electron chi connectivity index (χ3n) is 3.98. The molecule has 0 bridgehead atoms. The van der Waals surface area contributed by atoms with Gasteiger partial charge in [-0.2, -0.15) is 0 Å². The van der Waals surface area contributed by atoms with Crippen LogP contribution >= 0.6 is 0 Å². The Labute approximate surface area is 120 Å². The van der Waals surface area contributed by atoms with Gasteiger partial charge in [-0.05, 0) is 62.3 Å². The van der Waals surface area contributed by atoms with Gasteiger partial charge in [-0.1, -0.05) is 12.1 Å². The van der Waals surface area contributed by atoms with Crippen LogP contribution in [-0.4, -0.2) is 29.5 Å². The van der Waals surface area contributed by atoms with Gasteiger partial charge in [-0.15, -0.1) is 0 Å². The molecule has 2 rings (SSSR count). The number of hydrogen-bond donors (Lipinski definition) is 3. The van der Waals surface area contributed by atoms with Gasteiger partial charge >= 0.3 is 0 Å². The number of benzene rings is 1. The maximum Gasteiger partial charge on any atom is 0.119 e. The van der Waals surface area contributed by atoms with E-state index in [0.717, 1.165) is 37.0 Å².